The average Bonchev–Trinajstić information content (AvgIpc) is 2.26. The van der Waals surface area contributed by atoms with Crippen LogP contribution in [0.25, 0.3) is 0 Å². The summed E-state index contributed by atoms with van der Waals surface area (Å²) in [6.45, 7) is 2.15. The number of hydrogen-bond acceptors (Lipinski definition) is 3. The fraction of sp³-hybridized carbons (Fsp3) is 0.636. The molecule has 0 radical (unpaired) electrons. The van der Waals surface area contributed by atoms with Crippen LogP contribution in [0.2, 0.25) is 0 Å². The molecule has 0 saturated carbocycles. The van der Waals surface area contributed by atoms with Crippen molar-refractivity contribution in [1.82, 2.24) is 5.32 Å². The highest BCUT2D eigenvalue weighted by molar-refractivity contribution is 7.99. The van der Waals surface area contributed by atoms with E-state index in [0.717, 1.165) is 18.6 Å². The quantitative estimate of drug-likeness (QED) is 0.351. The predicted molar refractivity (Wildman–Crippen MR) is 66.4 cm³/mol. The molecule has 2 N–H and O–H groups in total. The van der Waals surface area contributed by atoms with Crippen molar-refractivity contribution in [2.75, 3.05) is 11.5 Å². The number of unbranched alkanes of at least 4 members (excludes halogenated alkanes) is 2. The van der Waals surface area contributed by atoms with Gasteiger partial charge in [-0.3, -0.25) is 4.79 Å². The number of carboxylic acid groups (broad SMARTS) is 1. The molecule has 0 spiro atoms. The minimum absolute atomic E-state index is 0.0313. The van der Waals surface area contributed by atoms with Gasteiger partial charge in [0.15, 0.2) is 0 Å². The van der Waals surface area contributed by atoms with Gasteiger partial charge in [0.1, 0.15) is 5.70 Å². The maximum atomic E-state index is 10.6. The zero-order chi connectivity index (χ0) is 12.2. The van der Waals surface area contributed by atoms with Gasteiger partial charge in [-0.2, -0.15) is 11.8 Å². The van der Waals surface area contributed by atoms with Crippen LogP contribution in [0.3, 0.4) is 0 Å². The van der Waals surface area contributed by atoms with Crippen molar-refractivity contribution in [2.24, 2.45) is 0 Å². The lowest BCUT2D eigenvalue weighted by atomic mass is 10.2. The molecule has 1 amide bonds. The number of rotatable bonds is 10. The minimum Gasteiger partial charge on any atom is -0.477 e. The smallest absolute Gasteiger partial charge is 0.352 e. The average molecular weight is 245 g/mol. The molecule has 0 aromatic heterocycles. The molecule has 0 atom stereocenters. The summed E-state index contributed by atoms with van der Waals surface area (Å²) in [5, 5.41) is 10.9. The van der Waals surface area contributed by atoms with E-state index >= 15 is 0 Å². The van der Waals surface area contributed by atoms with E-state index in [9.17, 15) is 9.59 Å². The summed E-state index contributed by atoms with van der Waals surface area (Å²) in [7, 11) is 0. The molecule has 0 bridgehead atoms. The Balaban J connectivity index is 3.62. The number of nitrogens with one attached hydrogen (secondary N) is 1. The zero-order valence-electron chi connectivity index (χ0n) is 9.57. The highest BCUT2D eigenvalue weighted by Gasteiger charge is 2.03. The first-order valence-electron chi connectivity index (χ1n) is 5.43. The van der Waals surface area contributed by atoms with Crippen LogP contribution < -0.4 is 5.32 Å². The third-order valence-electron chi connectivity index (χ3n) is 1.88. The van der Waals surface area contributed by atoms with Gasteiger partial charge in [-0.15, -0.1) is 0 Å². The van der Waals surface area contributed by atoms with Crippen LogP contribution in [0, 0.1) is 0 Å². The number of allylic oxidation sites excluding steroid dienone is 1. The van der Waals surface area contributed by atoms with Crippen molar-refractivity contribution in [3.05, 3.63) is 11.8 Å². The van der Waals surface area contributed by atoms with Gasteiger partial charge in [0.2, 0.25) is 6.41 Å². The Hall–Kier alpha value is -0.970. The Labute approximate surface area is 100 Å². The SMILES string of the molecule is CCCSCCCC/C=C(\NC=O)C(=O)O. The van der Waals surface area contributed by atoms with E-state index < -0.39 is 5.97 Å². The molecule has 0 aromatic carbocycles. The fourth-order valence-electron chi connectivity index (χ4n) is 1.11. The molecular formula is C11H19NO3S. The normalized spacial score (nSPS) is 11.2. The summed E-state index contributed by atoms with van der Waals surface area (Å²) in [5.74, 6) is 1.21. The van der Waals surface area contributed by atoms with Crippen molar-refractivity contribution in [1.29, 1.82) is 0 Å². The maximum Gasteiger partial charge on any atom is 0.352 e. The topological polar surface area (TPSA) is 66.4 Å². The van der Waals surface area contributed by atoms with Gasteiger partial charge < -0.3 is 10.4 Å². The van der Waals surface area contributed by atoms with Crippen molar-refractivity contribution < 1.29 is 14.7 Å². The van der Waals surface area contributed by atoms with Gasteiger partial charge in [-0.1, -0.05) is 13.0 Å². The van der Waals surface area contributed by atoms with Crippen LogP contribution in [0.4, 0.5) is 0 Å². The summed E-state index contributed by atoms with van der Waals surface area (Å²) in [6, 6.07) is 0. The van der Waals surface area contributed by atoms with E-state index in [1.54, 1.807) is 6.08 Å². The van der Waals surface area contributed by atoms with E-state index in [4.69, 9.17) is 5.11 Å². The van der Waals surface area contributed by atoms with Crippen molar-refractivity contribution in [3.8, 4) is 0 Å². The summed E-state index contributed by atoms with van der Waals surface area (Å²) < 4.78 is 0. The Morgan fingerprint density at radius 2 is 2.12 bits per heavy atom. The molecule has 0 saturated heterocycles. The monoisotopic (exact) mass is 245 g/mol. The fourth-order valence-corrected chi connectivity index (χ4v) is 2.01. The largest absolute Gasteiger partial charge is 0.477 e. The van der Waals surface area contributed by atoms with Crippen molar-refractivity contribution in [3.63, 3.8) is 0 Å². The molecular weight excluding hydrogens is 226 g/mol. The molecule has 0 unspecified atom stereocenters. The lowest BCUT2D eigenvalue weighted by molar-refractivity contribution is -0.133. The highest BCUT2D eigenvalue weighted by atomic mass is 32.2. The summed E-state index contributed by atoms with van der Waals surface area (Å²) >= 11 is 1.92. The second kappa shape index (κ2) is 10.5. The van der Waals surface area contributed by atoms with E-state index in [0.29, 0.717) is 12.8 Å². The van der Waals surface area contributed by atoms with Crippen LogP contribution in [-0.4, -0.2) is 29.0 Å². The van der Waals surface area contributed by atoms with Crippen LogP contribution >= 0.6 is 11.8 Å². The highest BCUT2D eigenvalue weighted by Crippen LogP contribution is 2.08. The summed E-state index contributed by atoms with van der Waals surface area (Å²) in [4.78, 5) is 20.7. The number of thioether (sulfide) groups is 1. The first kappa shape index (κ1) is 15.0. The molecule has 0 aliphatic rings. The van der Waals surface area contributed by atoms with Crippen LogP contribution in [-0.2, 0) is 9.59 Å². The first-order chi connectivity index (χ1) is 7.72. The Morgan fingerprint density at radius 3 is 2.69 bits per heavy atom. The maximum absolute atomic E-state index is 10.6. The third kappa shape index (κ3) is 8.35. The molecule has 0 aromatic rings. The van der Waals surface area contributed by atoms with Gasteiger partial charge in [0, 0.05) is 0 Å². The van der Waals surface area contributed by atoms with E-state index in [-0.39, 0.29) is 5.70 Å². The van der Waals surface area contributed by atoms with Gasteiger partial charge in [0.05, 0.1) is 0 Å². The molecule has 16 heavy (non-hydrogen) atoms. The van der Waals surface area contributed by atoms with Crippen LogP contribution in [0.1, 0.15) is 32.6 Å². The lowest BCUT2D eigenvalue weighted by Crippen LogP contribution is -2.18. The number of carbonyl (C=O) groups is 2. The number of amides is 1. The van der Waals surface area contributed by atoms with E-state index in [1.165, 1.54) is 12.2 Å². The Kier molecular flexibility index (Phi) is 9.91. The minimum atomic E-state index is -1.09. The molecule has 0 aliphatic carbocycles. The second-order valence-corrected chi connectivity index (χ2v) is 4.52. The number of hydrogen-bond donors (Lipinski definition) is 2. The number of carboxylic acids is 1. The predicted octanol–water partition coefficient (Wildman–Crippen LogP) is 2.01. The van der Waals surface area contributed by atoms with Gasteiger partial charge in [-0.05, 0) is 37.2 Å². The molecule has 0 fully saturated rings. The second-order valence-electron chi connectivity index (χ2n) is 3.29. The molecule has 92 valence electrons. The lowest BCUT2D eigenvalue weighted by Gasteiger charge is -2.00. The third-order valence-corrected chi connectivity index (χ3v) is 3.16. The van der Waals surface area contributed by atoms with Crippen LogP contribution in [0.15, 0.2) is 11.8 Å². The van der Waals surface area contributed by atoms with E-state index in [2.05, 4.69) is 12.2 Å². The zero-order valence-corrected chi connectivity index (χ0v) is 10.4. The van der Waals surface area contributed by atoms with Gasteiger partial charge in [0.25, 0.3) is 0 Å². The first-order valence-corrected chi connectivity index (χ1v) is 6.59. The van der Waals surface area contributed by atoms with E-state index in [1.807, 2.05) is 11.8 Å². The number of aliphatic carboxylic acids is 1. The van der Waals surface area contributed by atoms with Crippen molar-refractivity contribution in [2.45, 2.75) is 32.6 Å². The van der Waals surface area contributed by atoms with Crippen LogP contribution in [0.5, 0.6) is 0 Å². The Morgan fingerprint density at radius 1 is 1.38 bits per heavy atom. The summed E-state index contributed by atoms with van der Waals surface area (Å²) in [6.07, 6.45) is 5.85. The molecule has 0 rings (SSSR count). The number of carbonyl (C=O) groups excluding carboxylic acids is 1. The van der Waals surface area contributed by atoms with Gasteiger partial charge >= 0.3 is 5.97 Å². The molecule has 0 heterocycles. The molecule has 0 aliphatic heterocycles. The summed E-state index contributed by atoms with van der Waals surface area (Å²) in [5.41, 5.74) is -0.0313. The Bertz CT molecular complexity index is 241. The standard InChI is InChI=1S/C11H19NO3S/c1-2-7-16-8-5-3-4-6-10(11(14)15)12-9-13/h6,9H,2-5,7-8H2,1H3,(H,12,13)(H,14,15)/b10-6-. The molecule has 4 nitrogen and oxygen atoms in total. The van der Waals surface area contributed by atoms with Crippen molar-refractivity contribution >= 4 is 24.1 Å². The molecule has 5 heteroatoms. The van der Waals surface area contributed by atoms with Gasteiger partial charge in [-0.25, -0.2) is 4.79 Å².